The molecule has 0 saturated heterocycles. The second kappa shape index (κ2) is 7.45. The van der Waals surface area contributed by atoms with Gasteiger partial charge in [-0.05, 0) is 43.2 Å². The van der Waals surface area contributed by atoms with Crippen LogP contribution >= 0.6 is 11.3 Å². The predicted molar refractivity (Wildman–Crippen MR) is 110 cm³/mol. The number of ether oxygens (including phenoxy) is 1. The molecular weight excluding hydrogens is 356 g/mol. The molecule has 1 aliphatic rings. The molecule has 138 valence electrons. The summed E-state index contributed by atoms with van der Waals surface area (Å²) in [4.78, 5) is 15.7. The maximum absolute atomic E-state index is 12.6. The number of para-hydroxylation sites is 2. The Kier molecular flexibility index (Phi) is 4.86. The Hall–Kier alpha value is -2.79. The Bertz CT molecular complexity index is 966. The molecule has 0 spiro atoms. The monoisotopic (exact) mass is 378 g/mol. The van der Waals surface area contributed by atoms with Gasteiger partial charge in [-0.3, -0.25) is 4.79 Å². The van der Waals surface area contributed by atoms with Gasteiger partial charge in [-0.15, -0.1) is 11.3 Å². The number of methoxy groups -OCH3 is 1. The molecule has 3 aromatic rings. The molecule has 5 heteroatoms. The van der Waals surface area contributed by atoms with Gasteiger partial charge in [-0.25, -0.2) is 0 Å². The molecule has 1 aliphatic heterocycles. The zero-order chi connectivity index (χ0) is 18.8. The molecule has 0 saturated carbocycles. The maximum atomic E-state index is 12.6. The van der Waals surface area contributed by atoms with Crippen LogP contribution in [0.4, 0.5) is 10.7 Å². The van der Waals surface area contributed by atoms with Gasteiger partial charge >= 0.3 is 0 Å². The molecule has 2 aromatic carbocycles. The Balaban J connectivity index is 1.49. The number of anilines is 2. The summed E-state index contributed by atoms with van der Waals surface area (Å²) in [5.41, 5.74) is 3.57. The fourth-order valence-electron chi connectivity index (χ4n) is 3.59. The molecule has 1 amide bonds. The first-order valence-corrected chi connectivity index (χ1v) is 9.86. The van der Waals surface area contributed by atoms with Crippen molar-refractivity contribution in [3.05, 3.63) is 76.7 Å². The van der Waals surface area contributed by atoms with E-state index in [0.717, 1.165) is 27.6 Å². The zero-order valence-corrected chi connectivity index (χ0v) is 16.3. The second-order valence-electron chi connectivity index (χ2n) is 6.68. The third-order valence-electron chi connectivity index (χ3n) is 4.89. The lowest BCUT2D eigenvalue weighted by Crippen LogP contribution is -2.23. The van der Waals surface area contributed by atoms with Crippen molar-refractivity contribution < 1.29 is 9.53 Å². The number of amides is 1. The smallest absolute Gasteiger partial charge is 0.261 e. The van der Waals surface area contributed by atoms with E-state index in [2.05, 4.69) is 41.4 Å². The quantitative estimate of drug-likeness (QED) is 0.695. The van der Waals surface area contributed by atoms with Crippen LogP contribution in [0.25, 0.3) is 0 Å². The van der Waals surface area contributed by atoms with E-state index in [-0.39, 0.29) is 5.91 Å². The summed E-state index contributed by atoms with van der Waals surface area (Å²) < 4.78 is 5.34. The van der Waals surface area contributed by atoms with Crippen molar-refractivity contribution in [1.82, 2.24) is 5.32 Å². The van der Waals surface area contributed by atoms with Crippen molar-refractivity contribution in [1.29, 1.82) is 0 Å². The van der Waals surface area contributed by atoms with Gasteiger partial charge in [0.15, 0.2) is 0 Å². The summed E-state index contributed by atoms with van der Waals surface area (Å²) in [6.45, 7) is 2.67. The van der Waals surface area contributed by atoms with Crippen LogP contribution in [0, 0.1) is 0 Å². The van der Waals surface area contributed by atoms with Crippen molar-refractivity contribution in [3.8, 4) is 5.75 Å². The summed E-state index contributed by atoms with van der Waals surface area (Å²) in [5.74, 6) is 0.726. The number of carbonyl (C=O) groups is 1. The number of hydrogen-bond donors (Lipinski definition) is 1. The van der Waals surface area contributed by atoms with E-state index < -0.39 is 0 Å². The number of nitrogens with zero attached hydrogens (tertiary/aromatic N) is 1. The zero-order valence-electron chi connectivity index (χ0n) is 15.4. The Labute approximate surface area is 163 Å². The fraction of sp³-hybridized carbons (Fsp3) is 0.227. The van der Waals surface area contributed by atoms with Crippen LogP contribution in [-0.2, 0) is 13.0 Å². The van der Waals surface area contributed by atoms with Crippen LogP contribution in [-0.4, -0.2) is 19.1 Å². The average molecular weight is 378 g/mol. The minimum Gasteiger partial charge on any atom is -0.496 e. The van der Waals surface area contributed by atoms with E-state index in [1.165, 1.54) is 22.6 Å². The van der Waals surface area contributed by atoms with Gasteiger partial charge in [0.25, 0.3) is 5.91 Å². The first-order chi connectivity index (χ1) is 13.2. The van der Waals surface area contributed by atoms with Crippen LogP contribution in [0.15, 0.2) is 60.7 Å². The van der Waals surface area contributed by atoms with Gasteiger partial charge in [0.2, 0.25) is 0 Å². The molecule has 4 rings (SSSR count). The van der Waals surface area contributed by atoms with Crippen molar-refractivity contribution in [2.75, 3.05) is 12.0 Å². The third kappa shape index (κ3) is 3.43. The first-order valence-electron chi connectivity index (χ1n) is 9.04. The fourth-order valence-corrected chi connectivity index (χ4v) is 4.63. The molecule has 0 fully saturated rings. The molecule has 27 heavy (non-hydrogen) atoms. The number of rotatable bonds is 5. The lowest BCUT2D eigenvalue weighted by molar-refractivity contribution is 0.0954. The number of thiophene rings is 1. The molecule has 0 bridgehead atoms. The van der Waals surface area contributed by atoms with E-state index in [4.69, 9.17) is 4.74 Å². The van der Waals surface area contributed by atoms with Gasteiger partial charge in [-0.1, -0.05) is 36.4 Å². The van der Waals surface area contributed by atoms with Gasteiger partial charge in [0.1, 0.15) is 5.75 Å². The first kappa shape index (κ1) is 17.6. The molecule has 2 heterocycles. The molecule has 4 nitrogen and oxygen atoms in total. The van der Waals surface area contributed by atoms with Crippen molar-refractivity contribution in [2.45, 2.75) is 25.9 Å². The van der Waals surface area contributed by atoms with Gasteiger partial charge in [0, 0.05) is 23.8 Å². The third-order valence-corrected chi connectivity index (χ3v) is 5.98. The number of nitrogens with one attached hydrogen (secondary N) is 1. The SMILES string of the molecule is COc1ccccc1CNC(=O)c1ccc(N2c3ccccc3C[C@H]2C)s1. The summed E-state index contributed by atoms with van der Waals surface area (Å²) in [5, 5.41) is 4.10. The van der Waals surface area contributed by atoms with Crippen molar-refractivity contribution in [3.63, 3.8) is 0 Å². The molecule has 1 aromatic heterocycles. The van der Waals surface area contributed by atoms with Crippen molar-refractivity contribution in [2.24, 2.45) is 0 Å². The molecule has 0 radical (unpaired) electrons. The van der Waals surface area contributed by atoms with E-state index in [1.54, 1.807) is 7.11 Å². The molecular formula is C22H22N2O2S. The summed E-state index contributed by atoms with van der Waals surface area (Å²) >= 11 is 1.53. The van der Waals surface area contributed by atoms with Crippen LogP contribution < -0.4 is 15.0 Å². The number of benzene rings is 2. The molecule has 0 unspecified atom stereocenters. The van der Waals surface area contributed by atoms with E-state index in [9.17, 15) is 4.79 Å². The Morgan fingerprint density at radius 1 is 1.15 bits per heavy atom. The maximum Gasteiger partial charge on any atom is 0.261 e. The Morgan fingerprint density at radius 3 is 2.78 bits per heavy atom. The van der Waals surface area contributed by atoms with Crippen LogP contribution in [0.2, 0.25) is 0 Å². The summed E-state index contributed by atoms with van der Waals surface area (Å²) in [6, 6.07) is 20.6. The number of carbonyl (C=O) groups excluding carboxylic acids is 1. The average Bonchev–Trinajstić information content (AvgIpc) is 3.29. The van der Waals surface area contributed by atoms with E-state index >= 15 is 0 Å². The summed E-state index contributed by atoms with van der Waals surface area (Å²) in [7, 11) is 1.64. The molecule has 1 atom stereocenters. The minimum atomic E-state index is -0.0581. The Morgan fingerprint density at radius 2 is 1.93 bits per heavy atom. The van der Waals surface area contributed by atoms with Crippen LogP contribution in [0.5, 0.6) is 5.75 Å². The molecule has 0 aliphatic carbocycles. The second-order valence-corrected chi connectivity index (χ2v) is 7.75. The highest BCUT2D eigenvalue weighted by Crippen LogP contribution is 2.41. The molecule has 1 N–H and O–H groups in total. The topological polar surface area (TPSA) is 41.6 Å². The van der Waals surface area contributed by atoms with E-state index in [1.807, 2.05) is 36.4 Å². The predicted octanol–water partition coefficient (Wildman–Crippen LogP) is 4.77. The highest BCUT2D eigenvalue weighted by molar-refractivity contribution is 7.18. The minimum absolute atomic E-state index is 0.0581. The normalized spacial score (nSPS) is 15.5. The number of hydrogen-bond acceptors (Lipinski definition) is 4. The highest BCUT2D eigenvalue weighted by atomic mass is 32.1. The van der Waals surface area contributed by atoms with Gasteiger partial charge in [0.05, 0.1) is 17.0 Å². The van der Waals surface area contributed by atoms with Gasteiger partial charge < -0.3 is 15.0 Å². The highest BCUT2D eigenvalue weighted by Gasteiger charge is 2.28. The summed E-state index contributed by atoms with van der Waals surface area (Å²) in [6.07, 6.45) is 1.03. The largest absolute Gasteiger partial charge is 0.496 e. The van der Waals surface area contributed by atoms with Crippen molar-refractivity contribution >= 4 is 27.9 Å². The lowest BCUT2D eigenvalue weighted by Gasteiger charge is -2.22. The standard InChI is InChI=1S/C22H22N2O2S/c1-15-13-16-7-3-5-9-18(16)24(15)21-12-11-20(27-21)22(25)23-14-17-8-4-6-10-19(17)26-2/h3-12,15H,13-14H2,1-2H3,(H,23,25)/t15-/m1/s1. The lowest BCUT2D eigenvalue weighted by atomic mass is 10.1. The van der Waals surface area contributed by atoms with E-state index in [0.29, 0.717) is 12.6 Å². The van der Waals surface area contributed by atoms with Crippen LogP contribution in [0.3, 0.4) is 0 Å². The van der Waals surface area contributed by atoms with Gasteiger partial charge in [-0.2, -0.15) is 0 Å². The number of fused-ring (bicyclic) bond motifs is 1. The van der Waals surface area contributed by atoms with Crippen LogP contribution in [0.1, 0.15) is 27.7 Å².